The summed E-state index contributed by atoms with van der Waals surface area (Å²) in [6.07, 6.45) is 0. The van der Waals surface area contributed by atoms with E-state index in [0.29, 0.717) is 0 Å². The molecule has 1 aliphatic carbocycles. The lowest BCUT2D eigenvalue weighted by atomic mass is 9.81. The molecular weight excluding hydrogens is 683 g/mol. The molecule has 0 amide bonds. The lowest BCUT2D eigenvalue weighted by Crippen LogP contribution is -2.17. The Morgan fingerprint density at radius 1 is 0.400 bits per heavy atom. The molecule has 0 bridgehead atoms. The number of rotatable bonds is 5. The average Bonchev–Trinajstić information content (AvgIpc) is 3.73. The molecule has 0 unspecified atom stereocenters. The molecule has 1 nitrogen and oxygen atoms in total. The molecule has 0 saturated heterocycles. The molecule has 0 saturated carbocycles. The van der Waals surface area contributed by atoms with Crippen LogP contribution in [0.4, 0.5) is 17.1 Å². The van der Waals surface area contributed by atoms with E-state index in [9.17, 15) is 0 Å². The Morgan fingerprint density at radius 2 is 1.00 bits per heavy atom. The van der Waals surface area contributed by atoms with Gasteiger partial charge in [-0.15, -0.1) is 11.3 Å². The van der Waals surface area contributed by atoms with Crippen molar-refractivity contribution in [2.24, 2.45) is 0 Å². The van der Waals surface area contributed by atoms with Crippen molar-refractivity contribution in [2.45, 2.75) is 19.3 Å². The highest BCUT2D eigenvalue weighted by molar-refractivity contribution is 7.26. The molecule has 2 heteroatoms. The number of hydrogen-bond donors (Lipinski definition) is 0. The number of anilines is 3. The third-order valence-electron chi connectivity index (χ3n) is 11.9. The van der Waals surface area contributed by atoms with E-state index < -0.39 is 0 Å². The Hall–Kier alpha value is -6.48. The average molecular weight is 720 g/mol. The Kier molecular flexibility index (Phi) is 7.14. The molecule has 1 aromatic heterocycles. The molecule has 1 aliphatic rings. The van der Waals surface area contributed by atoms with Crippen molar-refractivity contribution in [3.63, 3.8) is 0 Å². The molecule has 55 heavy (non-hydrogen) atoms. The van der Waals surface area contributed by atoms with Crippen LogP contribution in [0.2, 0.25) is 0 Å². The minimum atomic E-state index is -0.195. The normalized spacial score (nSPS) is 13.1. The Bertz CT molecular complexity index is 3110. The Labute approximate surface area is 325 Å². The fourth-order valence-electron chi connectivity index (χ4n) is 9.09. The van der Waals surface area contributed by atoms with E-state index >= 15 is 0 Å². The second-order valence-electron chi connectivity index (χ2n) is 15.3. The minimum Gasteiger partial charge on any atom is -0.310 e. The first kappa shape index (κ1) is 32.0. The van der Waals surface area contributed by atoms with Gasteiger partial charge in [0, 0.05) is 42.3 Å². The van der Waals surface area contributed by atoms with Crippen molar-refractivity contribution in [2.75, 3.05) is 4.90 Å². The summed E-state index contributed by atoms with van der Waals surface area (Å²) in [6.45, 7) is 4.80. The number of benzene rings is 9. The van der Waals surface area contributed by atoms with E-state index in [1.807, 2.05) is 11.3 Å². The van der Waals surface area contributed by atoms with Crippen LogP contribution in [0.5, 0.6) is 0 Å². The van der Waals surface area contributed by atoms with Crippen LogP contribution in [0.1, 0.15) is 25.0 Å². The Morgan fingerprint density at radius 3 is 1.82 bits per heavy atom. The molecule has 10 aromatic rings. The first-order chi connectivity index (χ1) is 27.0. The van der Waals surface area contributed by atoms with Crippen LogP contribution in [0.3, 0.4) is 0 Å². The van der Waals surface area contributed by atoms with Gasteiger partial charge in [0.25, 0.3) is 0 Å². The van der Waals surface area contributed by atoms with E-state index in [1.165, 1.54) is 91.9 Å². The molecule has 9 aromatic carbocycles. The summed E-state index contributed by atoms with van der Waals surface area (Å²) < 4.78 is 2.70. The van der Waals surface area contributed by atoms with Gasteiger partial charge in [-0.3, -0.25) is 0 Å². The van der Waals surface area contributed by atoms with Crippen molar-refractivity contribution in [3.8, 4) is 33.4 Å². The van der Waals surface area contributed by atoms with Crippen LogP contribution in [0.15, 0.2) is 188 Å². The molecule has 0 radical (unpaired) electrons. The molecule has 0 aliphatic heterocycles. The zero-order valence-corrected chi connectivity index (χ0v) is 31.6. The highest BCUT2D eigenvalue weighted by atomic mass is 32.1. The van der Waals surface area contributed by atoms with Crippen molar-refractivity contribution in [1.29, 1.82) is 0 Å². The summed E-state index contributed by atoms with van der Waals surface area (Å²) in [5.74, 6) is 0. The Balaban J connectivity index is 1.07. The number of thiophene rings is 1. The van der Waals surface area contributed by atoms with Crippen LogP contribution in [-0.2, 0) is 5.41 Å². The molecule has 260 valence electrons. The second kappa shape index (κ2) is 12.3. The van der Waals surface area contributed by atoms with Gasteiger partial charge in [0.2, 0.25) is 0 Å². The van der Waals surface area contributed by atoms with Gasteiger partial charge >= 0.3 is 0 Å². The van der Waals surface area contributed by atoms with Crippen molar-refractivity contribution >= 4 is 70.1 Å². The van der Waals surface area contributed by atoms with Crippen molar-refractivity contribution < 1.29 is 0 Å². The van der Waals surface area contributed by atoms with Gasteiger partial charge in [0.1, 0.15) is 0 Å². The summed E-state index contributed by atoms with van der Waals surface area (Å²) in [5, 5.41) is 7.67. The van der Waals surface area contributed by atoms with Gasteiger partial charge in [-0.25, -0.2) is 0 Å². The summed E-state index contributed by atoms with van der Waals surface area (Å²) in [6, 6.07) is 69.6. The van der Waals surface area contributed by atoms with Gasteiger partial charge in [-0.1, -0.05) is 159 Å². The predicted molar refractivity (Wildman–Crippen MR) is 237 cm³/mol. The number of fused-ring (bicyclic) bond motifs is 9. The smallest absolute Gasteiger partial charge is 0.0546 e. The maximum atomic E-state index is 2.47. The predicted octanol–water partition coefficient (Wildman–Crippen LogP) is 15.5. The van der Waals surface area contributed by atoms with Gasteiger partial charge < -0.3 is 4.90 Å². The molecular formula is C53H37NS. The molecule has 0 atom stereocenters. The van der Waals surface area contributed by atoms with Crippen LogP contribution in [0.25, 0.3) is 75.1 Å². The lowest BCUT2D eigenvalue weighted by molar-refractivity contribution is 0.660. The van der Waals surface area contributed by atoms with Gasteiger partial charge in [0.15, 0.2) is 0 Å². The van der Waals surface area contributed by atoms with Crippen LogP contribution < -0.4 is 4.90 Å². The quantitative estimate of drug-likeness (QED) is 0.160. The van der Waals surface area contributed by atoms with Crippen LogP contribution in [0, 0.1) is 0 Å². The first-order valence-corrected chi connectivity index (χ1v) is 19.9. The van der Waals surface area contributed by atoms with E-state index in [2.05, 4.69) is 207 Å². The van der Waals surface area contributed by atoms with E-state index in [4.69, 9.17) is 0 Å². The van der Waals surface area contributed by atoms with Crippen LogP contribution in [-0.4, -0.2) is 0 Å². The summed E-state index contributed by atoms with van der Waals surface area (Å²) in [5.41, 5.74) is 13.7. The zero-order chi connectivity index (χ0) is 36.7. The molecule has 0 fully saturated rings. The second-order valence-corrected chi connectivity index (χ2v) is 16.4. The van der Waals surface area contributed by atoms with Crippen molar-refractivity contribution in [3.05, 3.63) is 199 Å². The topological polar surface area (TPSA) is 3.24 Å². The SMILES string of the molecule is CC1(C)c2cc(-c3cccc4c3sc3ccccc34)ccc2-c2ccc(N(c3ccc(-c4ccccc4)cc3)c3cc4ccccc4c4ccccc34)cc21. The molecule has 0 N–H and O–H groups in total. The van der Waals surface area contributed by atoms with Gasteiger partial charge in [-0.05, 0) is 103 Å². The standard InChI is InChI=1S/C53H37NS/c1-53(2)48-31-37(41-20-12-21-47-46-19-10-11-22-51(46)55-52(41)47)25-29-43(48)44-30-28-39(33-49(44)53)54(38-26-23-35(24-27-38)34-13-4-3-5-14-34)50-32-36-15-6-7-16-40(36)42-17-8-9-18-45(42)50/h3-33H,1-2H3. The van der Waals surface area contributed by atoms with Gasteiger partial charge in [0.05, 0.1) is 5.69 Å². The summed E-state index contributed by atoms with van der Waals surface area (Å²) in [7, 11) is 0. The van der Waals surface area contributed by atoms with E-state index in [-0.39, 0.29) is 5.41 Å². The van der Waals surface area contributed by atoms with E-state index in [1.54, 1.807) is 0 Å². The monoisotopic (exact) mass is 719 g/mol. The van der Waals surface area contributed by atoms with Crippen molar-refractivity contribution in [1.82, 2.24) is 0 Å². The maximum absolute atomic E-state index is 2.47. The summed E-state index contributed by atoms with van der Waals surface area (Å²) in [4.78, 5) is 2.47. The maximum Gasteiger partial charge on any atom is 0.0546 e. The third kappa shape index (κ3) is 4.99. The van der Waals surface area contributed by atoms with Gasteiger partial charge in [-0.2, -0.15) is 0 Å². The first-order valence-electron chi connectivity index (χ1n) is 19.1. The fourth-order valence-corrected chi connectivity index (χ4v) is 10.3. The number of nitrogens with zero attached hydrogens (tertiary/aromatic N) is 1. The largest absolute Gasteiger partial charge is 0.310 e. The zero-order valence-electron chi connectivity index (χ0n) is 30.8. The summed E-state index contributed by atoms with van der Waals surface area (Å²) >= 11 is 1.90. The highest BCUT2D eigenvalue weighted by Crippen LogP contribution is 2.53. The van der Waals surface area contributed by atoms with E-state index in [0.717, 1.165) is 11.4 Å². The lowest BCUT2D eigenvalue weighted by Gasteiger charge is -2.29. The molecule has 1 heterocycles. The molecule has 11 rings (SSSR count). The fraction of sp³-hybridized carbons (Fsp3) is 0.0566. The highest BCUT2D eigenvalue weighted by Gasteiger charge is 2.36. The minimum absolute atomic E-state index is 0.195. The third-order valence-corrected chi connectivity index (χ3v) is 13.1. The van der Waals surface area contributed by atoms with Crippen LogP contribution >= 0.6 is 11.3 Å². The number of hydrogen-bond acceptors (Lipinski definition) is 2. The molecule has 0 spiro atoms.